The van der Waals surface area contributed by atoms with Gasteiger partial charge in [0.05, 0.1) is 18.3 Å². The lowest BCUT2D eigenvalue weighted by molar-refractivity contribution is -0.140. The molecule has 1 saturated carbocycles. The lowest BCUT2D eigenvalue weighted by Crippen LogP contribution is -2.29. The van der Waals surface area contributed by atoms with Gasteiger partial charge < -0.3 is 14.7 Å². The zero-order valence-electron chi connectivity index (χ0n) is 12.7. The lowest BCUT2D eigenvalue weighted by atomic mass is 9.98. The van der Waals surface area contributed by atoms with Crippen LogP contribution in [0, 0.1) is 5.92 Å². The van der Waals surface area contributed by atoms with Crippen LogP contribution in [0.5, 0.6) is 5.88 Å². The first-order valence-corrected chi connectivity index (χ1v) is 7.49. The number of hydrogen-bond donors (Lipinski definition) is 1. The van der Waals surface area contributed by atoms with Gasteiger partial charge in [0.2, 0.25) is 5.88 Å². The Labute approximate surface area is 125 Å². The highest BCUT2D eigenvalue weighted by atomic mass is 16.5. The van der Waals surface area contributed by atoms with Crippen molar-refractivity contribution in [2.45, 2.75) is 45.1 Å². The van der Waals surface area contributed by atoms with Gasteiger partial charge in [-0.1, -0.05) is 13.3 Å². The second-order valence-electron chi connectivity index (χ2n) is 5.71. The number of carbonyl (C=O) groups is 1. The maximum atomic E-state index is 10.9. The number of nitrogens with zero attached hydrogens (tertiary/aromatic N) is 3. The minimum atomic E-state index is -0.815. The molecule has 1 unspecified atom stereocenters. The summed E-state index contributed by atoms with van der Waals surface area (Å²) < 4.78 is 5.88. The van der Waals surface area contributed by atoms with Crippen molar-refractivity contribution >= 4 is 11.8 Å². The number of anilines is 1. The van der Waals surface area contributed by atoms with Crippen LogP contribution >= 0.6 is 0 Å². The van der Waals surface area contributed by atoms with Gasteiger partial charge in [-0.25, -0.2) is 0 Å². The summed E-state index contributed by atoms with van der Waals surface area (Å²) in [4.78, 5) is 21.3. The summed E-state index contributed by atoms with van der Waals surface area (Å²) in [6.45, 7) is 2.06. The van der Waals surface area contributed by atoms with Crippen molar-refractivity contribution in [3.8, 4) is 5.88 Å². The summed E-state index contributed by atoms with van der Waals surface area (Å²) in [7, 11) is 1.81. The van der Waals surface area contributed by atoms with E-state index in [0.717, 1.165) is 12.8 Å². The molecule has 1 atom stereocenters. The molecule has 0 aromatic carbocycles. The Balaban J connectivity index is 1.97. The fourth-order valence-electron chi connectivity index (χ4n) is 2.52. The Morgan fingerprint density at radius 2 is 2.14 bits per heavy atom. The Hall–Kier alpha value is -1.85. The average molecular weight is 293 g/mol. The van der Waals surface area contributed by atoms with Crippen LogP contribution in [0.25, 0.3) is 0 Å². The maximum Gasteiger partial charge on any atom is 0.308 e. The number of aromatic nitrogens is 2. The molecule has 1 aliphatic rings. The number of ether oxygens (including phenoxy) is 1. The Morgan fingerprint density at radius 1 is 1.43 bits per heavy atom. The van der Waals surface area contributed by atoms with Gasteiger partial charge in [0, 0.05) is 13.6 Å². The van der Waals surface area contributed by atoms with E-state index in [1.165, 1.54) is 19.3 Å². The van der Waals surface area contributed by atoms with Crippen molar-refractivity contribution in [2.24, 2.45) is 5.92 Å². The van der Waals surface area contributed by atoms with Gasteiger partial charge >= 0.3 is 5.97 Å². The summed E-state index contributed by atoms with van der Waals surface area (Å²) in [5.74, 6) is -0.116. The molecule has 2 rings (SSSR count). The molecule has 1 aromatic rings. The molecule has 0 bridgehead atoms. The molecule has 0 spiro atoms. The highest BCUT2D eigenvalue weighted by Crippen LogP contribution is 2.23. The van der Waals surface area contributed by atoms with Crippen LogP contribution in [0.4, 0.5) is 5.82 Å². The van der Waals surface area contributed by atoms with Crippen molar-refractivity contribution in [2.75, 3.05) is 18.5 Å². The van der Waals surface area contributed by atoms with E-state index in [9.17, 15) is 4.79 Å². The summed E-state index contributed by atoms with van der Waals surface area (Å²) >= 11 is 0. The van der Waals surface area contributed by atoms with E-state index in [0.29, 0.717) is 18.2 Å². The number of rotatable bonds is 6. The van der Waals surface area contributed by atoms with Crippen LogP contribution in [0.3, 0.4) is 0 Å². The molecule has 6 heteroatoms. The van der Waals surface area contributed by atoms with Crippen molar-refractivity contribution in [1.82, 2.24) is 9.97 Å². The van der Waals surface area contributed by atoms with Crippen LogP contribution in [0.15, 0.2) is 12.4 Å². The number of aliphatic carboxylic acids is 1. The first kappa shape index (κ1) is 15.5. The zero-order chi connectivity index (χ0) is 15.2. The molecular formula is C15H23N3O3. The van der Waals surface area contributed by atoms with Crippen LogP contribution < -0.4 is 9.64 Å². The molecule has 6 nitrogen and oxygen atoms in total. The fourth-order valence-corrected chi connectivity index (χ4v) is 2.52. The van der Waals surface area contributed by atoms with Gasteiger partial charge in [0.15, 0.2) is 5.82 Å². The molecule has 21 heavy (non-hydrogen) atoms. The first-order chi connectivity index (χ1) is 10.1. The van der Waals surface area contributed by atoms with Gasteiger partial charge in [0.1, 0.15) is 6.10 Å². The van der Waals surface area contributed by atoms with Gasteiger partial charge in [-0.2, -0.15) is 4.98 Å². The molecule has 0 saturated heterocycles. The highest BCUT2D eigenvalue weighted by molar-refractivity contribution is 5.70. The van der Waals surface area contributed by atoms with Gasteiger partial charge in [-0.15, -0.1) is 0 Å². The summed E-state index contributed by atoms with van der Waals surface area (Å²) in [6.07, 6.45) is 9.29. The topological polar surface area (TPSA) is 75.5 Å². The lowest BCUT2D eigenvalue weighted by Gasteiger charge is -2.24. The summed E-state index contributed by atoms with van der Waals surface area (Å²) in [5.41, 5.74) is 0. The molecule has 1 heterocycles. The van der Waals surface area contributed by atoms with E-state index < -0.39 is 11.9 Å². The molecule has 1 fully saturated rings. The molecular weight excluding hydrogens is 270 g/mol. The molecule has 0 amide bonds. The van der Waals surface area contributed by atoms with E-state index in [1.54, 1.807) is 24.2 Å². The third kappa shape index (κ3) is 4.58. The van der Waals surface area contributed by atoms with Crippen LogP contribution in [-0.4, -0.2) is 40.7 Å². The van der Waals surface area contributed by atoms with Crippen molar-refractivity contribution in [3.05, 3.63) is 12.4 Å². The van der Waals surface area contributed by atoms with E-state index >= 15 is 0 Å². The minimum Gasteiger partial charge on any atom is -0.481 e. The monoisotopic (exact) mass is 293 g/mol. The predicted molar refractivity (Wildman–Crippen MR) is 79.6 cm³/mol. The van der Waals surface area contributed by atoms with Gasteiger partial charge in [0.25, 0.3) is 0 Å². The van der Waals surface area contributed by atoms with Crippen molar-refractivity contribution in [3.63, 3.8) is 0 Å². The van der Waals surface area contributed by atoms with Crippen LogP contribution in [0.1, 0.15) is 39.0 Å². The third-order valence-electron chi connectivity index (χ3n) is 3.80. The SMILES string of the molecule is CC(CN(C)c1cncc(OC2CCCCC2)n1)C(=O)O. The fraction of sp³-hybridized carbons (Fsp3) is 0.667. The van der Waals surface area contributed by atoms with E-state index in [-0.39, 0.29) is 6.10 Å². The van der Waals surface area contributed by atoms with Crippen LogP contribution in [0.2, 0.25) is 0 Å². The zero-order valence-corrected chi connectivity index (χ0v) is 12.7. The molecule has 116 valence electrons. The molecule has 1 aliphatic carbocycles. The number of hydrogen-bond acceptors (Lipinski definition) is 5. The second kappa shape index (κ2) is 7.24. The first-order valence-electron chi connectivity index (χ1n) is 7.49. The van der Waals surface area contributed by atoms with Gasteiger partial charge in [-0.05, 0) is 25.7 Å². The van der Waals surface area contributed by atoms with Gasteiger partial charge in [-0.3, -0.25) is 9.78 Å². The quantitative estimate of drug-likeness (QED) is 0.867. The Kier molecular flexibility index (Phi) is 5.36. The largest absolute Gasteiger partial charge is 0.481 e. The Bertz CT molecular complexity index is 475. The second-order valence-corrected chi connectivity index (χ2v) is 5.71. The van der Waals surface area contributed by atoms with Crippen molar-refractivity contribution in [1.29, 1.82) is 0 Å². The van der Waals surface area contributed by atoms with E-state index in [1.807, 2.05) is 7.05 Å². The molecule has 0 radical (unpaired) electrons. The number of carboxylic acid groups (broad SMARTS) is 1. The molecule has 1 N–H and O–H groups in total. The number of carboxylic acids is 1. The normalized spacial score (nSPS) is 17.2. The average Bonchev–Trinajstić information content (AvgIpc) is 2.48. The minimum absolute atomic E-state index is 0.228. The molecule has 0 aliphatic heterocycles. The van der Waals surface area contributed by atoms with E-state index in [2.05, 4.69) is 9.97 Å². The molecule has 1 aromatic heterocycles. The standard InChI is InChI=1S/C15H23N3O3/c1-11(15(19)20)10-18(2)13-8-16-9-14(17-13)21-12-6-4-3-5-7-12/h8-9,11-12H,3-7,10H2,1-2H3,(H,19,20). The third-order valence-corrected chi connectivity index (χ3v) is 3.80. The maximum absolute atomic E-state index is 10.9. The van der Waals surface area contributed by atoms with Crippen molar-refractivity contribution < 1.29 is 14.6 Å². The highest BCUT2D eigenvalue weighted by Gasteiger charge is 2.18. The van der Waals surface area contributed by atoms with E-state index in [4.69, 9.17) is 9.84 Å². The summed E-state index contributed by atoms with van der Waals surface area (Å²) in [6, 6.07) is 0. The Morgan fingerprint density at radius 3 is 2.81 bits per heavy atom. The smallest absolute Gasteiger partial charge is 0.308 e. The van der Waals surface area contributed by atoms with Crippen LogP contribution in [-0.2, 0) is 4.79 Å². The summed E-state index contributed by atoms with van der Waals surface area (Å²) in [5, 5.41) is 8.96. The predicted octanol–water partition coefficient (Wildman–Crippen LogP) is 2.34.